The van der Waals surface area contributed by atoms with Crippen molar-refractivity contribution >= 4 is 0 Å². The lowest BCUT2D eigenvalue weighted by Crippen LogP contribution is -2.11. The topological polar surface area (TPSA) is 77.3 Å². The molecule has 6 heteroatoms. The number of benzene rings is 6. The van der Waals surface area contributed by atoms with Crippen LogP contribution in [0.15, 0.2) is 201 Å². The number of aromatic nitrogens is 6. The monoisotopic (exact) mass is 936 g/mol. The van der Waals surface area contributed by atoms with Gasteiger partial charge in [0.1, 0.15) is 0 Å². The van der Waals surface area contributed by atoms with Gasteiger partial charge in [-0.1, -0.05) is 190 Å². The minimum Gasteiger partial charge on any atom is -0.264 e. The summed E-state index contributed by atoms with van der Waals surface area (Å²) < 4.78 is 0. The van der Waals surface area contributed by atoms with Crippen LogP contribution in [0.2, 0.25) is 0 Å². The number of hydrogen-bond donors (Lipinski definition) is 0. The lowest BCUT2D eigenvalue weighted by molar-refractivity contribution is 0.590. The molecule has 0 N–H and O–H groups in total. The average molecular weight is 937 g/mol. The Morgan fingerprint density at radius 3 is 0.667 bits per heavy atom. The van der Waals surface area contributed by atoms with Crippen LogP contribution in [-0.2, 0) is 16.2 Å². The predicted molar refractivity (Wildman–Crippen MR) is 298 cm³/mol. The van der Waals surface area contributed by atoms with Gasteiger partial charge in [0, 0.05) is 70.6 Å². The van der Waals surface area contributed by atoms with E-state index in [2.05, 4.69) is 223 Å². The molecule has 0 aliphatic heterocycles. The summed E-state index contributed by atoms with van der Waals surface area (Å²) in [5.41, 5.74) is 19.8. The Kier molecular flexibility index (Phi) is 12.6. The van der Waals surface area contributed by atoms with Crippen molar-refractivity contribution in [2.24, 2.45) is 0 Å². The highest BCUT2D eigenvalue weighted by atomic mass is 15.0. The molecule has 0 radical (unpaired) electrons. The lowest BCUT2D eigenvalue weighted by atomic mass is 9.83. The quantitative estimate of drug-likeness (QED) is 0.143. The minimum atomic E-state index is -0.0421. The molecule has 4 heterocycles. The molecule has 0 aliphatic rings. The molecule has 0 saturated carbocycles. The predicted octanol–water partition coefficient (Wildman–Crippen LogP) is 17.0. The van der Waals surface area contributed by atoms with E-state index in [0.717, 1.165) is 83.5 Å². The van der Waals surface area contributed by atoms with E-state index in [9.17, 15) is 0 Å². The van der Waals surface area contributed by atoms with Gasteiger partial charge in [-0.15, -0.1) is 0 Å². The smallest absolute Gasteiger partial charge is 0.164 e. The Morgan fingerprint density at radius 1 is 0.236 bits per heavy atom. The maximum absolute atomic E-state index is 5.20. The average Bonchev–Trinajstić information content (AvgIpc) is 3.40. The highest BCUT2D eigenvalue weighted by Crippen LogP contribution is 2.38. The van der Waals surface area contributed by atoms with Crippen LogP contribution in [0, 0.1) is 0 Å². The van der Waals surface area contributed by atoms with E-state index in [0.29, 0.717) is 17.5 Å². The zero-order chi connectivity index (χ0) is 50.2. The van der Waals surface area contributed by atoms with Crippen LogP contribution >= 0.6 is 0 Å². The molecule has 0 atom stereocenters. The van der Waals surface area contributed by atoms with E-state index < -0.39 is 0 Å². The van der Waals surface area contributed by atoms with Crippen molar-refractivity contribution in [3.8, 4) is 101 Å². The second-order valence-corrected chi connectivity index (χ2v) is 21.9. The molecule has 10 rings (SSSR count). The lowest BCUT2D eigenvalue weighted by Gasteiger charge is -2.22. The fraction of sp³-hybridized carbons (Fsp3) is 0.182. The second-order valence-electron chi connectivity index (χ2n) is 21.9. The van der Waals surface area contributed by atoms with Crippen molar-refractivity contribution in [2.45, 2.75) is 78.6 Å². The van der Waals surface area contributed by atoms with Gasteiger partial charge in [-0.05, 0) is 119 Å². The molecule has 6 aromatic carbocycles. The van der Waals surface area contributed by atoms with E-state index >= 15 is 0 Å². The summed E-state index contributed by atoms with van der Waals surface area (Å²) in [5, 5.41) is 0. The number of pyridine rings is 3. The molecular formula is C66H60N6. The standard InChI is InChI=1S/C66H60N6/c1-64(2,3)58-34-52(31-55(37-58)49-13-10-28-67-40-49)43-16-22-46(23-17-43)61-70-62(47-24-18-44(19-25-47)53-32-56(50-14-11-29-68-41-50)38-59(35-53)65(4,5)6)72-63(71-61)48-26-20-45(21-27-48)54-33-57(51-15-12-30-69-42-51)39-60(36-54)66(7,8)9/h10-42H,1-9H3. The van der Waals surface area contributed by atoms with Gasteiger partial charge in [-0.3, -0.25) is 15.0 Å². The first-order valence-electron chi connectivity index (χ1n) is 24.8. The first kappa shape index (κ1) is 47.5. The summed E-state index contributed by atoms with van der Waals surface area (Å²) in [6.07, 6.45) is 11.2. The van der Waals surface area contributed by atoms with E-state index in [1.54, 1.807) is 0 Å². The molecule has 354 valence electrons. The molecule has 0 fully saturated rings. The first-order chi connectivity index (χ1) is 34.5. The van der Waals surface area contributed by atoms with E-state index in [4.69, 9.17) is 15.0 Å². The van der Waals surface area contributed by atoms with Crippen LogP contribution in [0.5, 0.6) is 0 Å². The van der Waals surface area contributed by atoms with Gasteiger partial charge in [0.15, 0.2) is 17.5 Å². The first-order valence-corrected chi connectivity index (χ1v) is 24.8. The Balaban J connectivity index is 1.05. The summed E-state index contributed by atoms with van der Waals surface area (Å²) in [7, 11) is 0. The minimum absolute atomic E-state index is 0.0421. The summed E-state index contributed by atoms with van der Waals surface area (Å²) >= 11 is 0. The largest absolute Gasteiger partial charge is 0.264 e. The van der Waals surface area contributed by atoms with Gasteiger partial charge in [0.2, 0.25) is 0 Å². The third kappa shape index (κ3) is 10.5. The summed E-state index contributed by atoms with van der Waals surface area (Å²) in [6, 6.07) is 58.7. The normalized spacial score (nSPS) is 12.0. The van der Waals surface area contributed by atoms with Gasteiger partial charge >= 0.3 is 0 Å². The van der Waals surface area contributed by atoms with Crippen molar-refractivity contribution in [3.05, 3.63) is 218 Å². The maximum atomic E-state index is 5.20. The van der Waals surface area contributed by atoms with E-state index in [1.165, 1.54) is 16.7 Å². The zero-order valence-corrected chi connectivity index (χ0v) is 42.7. The fourth-order valence-corrected chi connectivity index (χ4v) is 8.98. The molecule has 0 spiro atoms. The third-order valence-corrected chi connectivity index (χ3v) is 13.4. The number of rotatable bonds is 9. The van der Waals surface area contributed by atoms with Gasteiger partial charge in [0.05, 0.1) is 0 Å². The van der Waals surface area contributed by atoms with Gasteiger partial charge in [-0.25, -0.2) is 15.0 Å². The van der Waals surface area contributed by atoms with Crippen LogP contribution in [0.1, 0.15) is 79.0 Å². The van der Waals surface area contributed by atoms with Crippen molar-refractivity contribution in [3.63, 3.8) is 0 Å². The third-order valence-electron chi connectivity index (χ3n) is 13.4. The molecule has 6 nitrogen and oxygen atoms in total. The summed E-state index contributed by atoms with van der Waals surface area (Å²) in [4.78, 5) is 28.9. The molecule has 0 unspecified atom stereocenters. The molecule has 72 heavy (non-hydrogen) atoms. The van der Waals surface area contributed by atoms with Crippen LogP contribution < -0.4 is 0 Å². The van der Waals surface area contributed by atoms with Crippen LogP contribution in [0.3, 0.4) is 0 Å². The van der Waals surface area contributed by atoms with Crippen molar-refractivity contribution in [1.82, 2.24) is 29.9 Å². The Morgan fingerprint density at radius 2 is 0.458 bits per heavy atom. The van der Waals surface area contributed by atoms with Gasteiger partial charge < -0.3 is 0 Å². The van der Waals surface area contributed by atoms with Crippen molar-refractivity contribution in [2.75, 3.05) is 0 Å². The maximum Gasteiger partial charge on any atom is 0.164 e. The summed E-state index contributed by atoms with van der Waals surface area (Å²) in [6.45, 7) is 20.3. The van der Waals surface area contributed by atoms with Crippen molar-refractivity contribution in [1.29, 1.82) is 0 Å². The second kappa shape index (κ2) is 19.2. The SMILES string of the molecule is CC(C)(C)c1cc(-c2ccc(-c3nc(-c4ccc(-c5cc(-c6cccnc6)cc(C(C)(C)C)c5)cc4)nc(-c4ccc(-c5cc(-c6cccnc6)cc(C(C)(C)C)c5)cc4)n3)cc2)cc(-c2cccnc2)c1. The molecule has 0 amide bonds. The van der Waals surface area contributed by atoms with Crippen LogP contribution in [0.25, 0.3) is 101 Å². The van der Waals surface area contributed by atoms with Crippen LogP contribution in [-0.4, -0.2) is 29.9 Å². The Bertz CT molecular complexity index is 3120. The summed E-state index contributed by atoms with van der Waals surface area (Å²) in [5.74, 6) is 1.81. The number of hydrogen-bond acceptors (Lipinski definition) is 6. The molecule has 0 saturated heterocycles. The fourth-order valence-electron chi connectivity index (χ4n) is 8.98. The highest BCUT2D eigenvalue weighted by molar-refractivity contribution is 5.80. The molecule has 10 aromatic rings. The Labute approximate surface area is 425 Å². The molecule has 0 bridgehead atoms. The van der Waals surface area contributed by atoms with Gasteiger partial charge in [-0.2, -0.15) is 0 Å². The van der Waals surface area contributed by atoms with E-state index in [-0.39, 0.29) is 16.2 Å². The molecule has 4 aromatic heterocycles. The van der Waals surface area contributed by atoms with Crippen molar-refractivity contribution < 1.29 is 0 Å². The Hall–Kier alpha value is -8.22. The van der Waals surface area contributed by atoms with Gasteiger partial charge in [0.25, 0.3) is 0 Å². The zero-order valence-electron chi connectivity index (χ0n) is 42.7. The highest BCUT2D eigenvalue weighted by Gasteiger charge is 2.21. The number of nitrogens with zero attached hydrogens (tertiary/aromatic N) is 6. The van der Waals surface area contributed by atoms with Crippen LogP contribution in [0.4, 0.5) is 0 Å². The van der Waals surface area contributed by atoms with E-state index in [1.807, 2.05) is 55.4 Å². The molecular weight excluding hydrogens is 877 g/mol. The molecule has 0 aliphatic carbocycles.